The number of carbonyl (C=O) groups is 1. The van der Waals surface area contributed by atoms with E-state index in [1.165, 1.54) is 23.2 Å². The van der Waals surface area contributed by atoms with E-state index in [1.54, 1.807) is 47.1 Å². The number of hydrogen-bond acceptors (Lipinski definition) is 5. The Morgan fingerprint density at radius 2 is 1.72 bits per heavy atom. The highest BCUT2D eigenvalue weighted by Crippen LogP contribution is 2.24. The van der Waals surface area contributed by atoms with Crippen LogP contribution in [0.5, 0.6) is 11.5 Å². The number of carbonyl (C=O) groups excluding carboxylic acids is 1. The lowest BCUT2D eigenvalue weighted by atomic mass is 10.2. The van der Waals surface area contributed by atoms with Crippen molar-refractivity contribution in [2.24, 2.45) is 0 Å². The summed E-state index contributed by atoms with van der Waals surface area (Å²) in [6.07, 6.45) is 2.82. The molecule has 0 atom stereocenters. The lowest BCUT2D eigenvalue weighted by molar-refractivity contribution is 0.0949. The molecule has 5 aromatic rings. The molecule has 0 aliphatic carbocycles. The molecular weight excluding hydrogens is 461 g/mol. The molecule has 0 bridgehead atoms. The summed E-state index contributed by atoms with van der Waals surface area (Å²) < 4.78 is 22.8. The minimum Gasteiger partial charge on any atom is -0.457 e. The van der Waals surface area contributed by atoms with Gasteiger partial charge < -0.3 is 10.1 Å². The average Bonchev–Trinajstić information content (AvgIpc) is 3.31. The van der Waals surface area contributed by atoms with E-state index in [-0.39, 0.29) is 30.4 Å². The summed E-state index contributed by atoms with van der Waals surface area (Å²) in [7, 11) is 0. The van der Waals surface area contributed by atoms with Crippen LogP contribution in [0.25, 0.3) is 11.0 Å². The molecule has 0 aliphatic rings. The van der Waals surface area contributed by atoms with Crippen molar-refractivity contribution in [1.82, 2.24) is 24.6 Å². The summed E-state index contributed by atoms with van der Waals surface area (Å²) in [5.41, 5.74) is 0.880. The van der Waals surface area contributed by atoms with Crippen LogP contribution < -0.4 is 15.6 Å². The van der Waals surface area contributed by atoms with Gasteiger partial charge in [-0.2, -0.15) is 5.10 Å². The molecule has 0 unspecified atom stereocenters. The second-order valence-electron chi connectivity index (χ2n) is 8.04. The fourth-order valence-electron chi connectivity index (χ4n) is 3.81. The molecule has 2 heterocycles. The molecule has 0 fully saturated rings. The molecule has 0 saturated heterocycles. The SMILES string of the molecule is O=C(NCCn1ncc2c(=O)n(Cc3ccccc3F)cnc21)c1ccccc1Oc1ccccc1. The van der Waals surface area contributed by atoms with E-state index in [0.29, 0.717) is 40.2 Å². The van der Waals surface area contributed by atoms with Gasteiger partial charge in [0, 0.05) is 12.1 Å². The highest BCUT2D eigenvalue weighted by atomic mass is 19.1. The Balaban J connectivity index is 1.26. The molecule has 0 saturated carbocycles. The molecule has 3 aromatic carbocycles. The van der Waals surface area contributed by atoms with Crippen LogP contribution in [-0.4, -0.2) is 31.8 Å². The number of nitrogens with one attached hydrogen (secondary N) is 1. The molecule has 180 valence electrons. The van der Waals surface area contributed by atoms with Crippen LogP contribution in [-0.2, 0) is 13.1 Å². The van der Waals surface area contributed by atoms with E-state index in [9.17, 15) is 14.0 Å². The zero-order valence-electron chi connectivity index (χ0n) is 19.2. The Morgan fingerprint density at radius 1 is 0.972 bits per heavy atom. The normalized spacial score (nSPS) is 10.9. The summed E-state index contributed by atoms with van der Waals surface area (Å²) in [5, 5.41) is 7.44. The maximum atomic E-state index is 14.0. The average molecular weight is 484 g/mol. The Hall–Kier alpha value is -4.79. The summed E-state index contributed by atoms with van der Waals surface area (Å²) in [4.78, 5) is 30.1. The van der Waals surface area contributed by atoms with E-state index in [4.69, 9.17) is 4.74 Å². The number of ether oxygens (including phenoxy) is 1. The summed E-state index contributed by atoms with van der Waals surface area (Å²) in [5.74, 6) is 0.403. The van der Waals surface area contributed by atoms with Gasteiger partial charge in [-0.1, -0.05) is 48.5 Å². The van der Waals surface area contributed by atoms with E-state index in [1.807, 2.05) is 30.3 Å². The monoisotopic (exact) mass is 483 g/mol. The molecule has 5 rings (SSSR count). The van der Waals surface area contributed by atoms with E-state index < -0.39 is 0 Å². The Morgan fingerprint density at radius 3 is 2.56 bits per heavy atom. The standard InChI is InChI=1S/C27H22FN5O3/c28-23-12-6-4-8-19(23)17-32-18-30-25-22(27(32)35)16-31-33(25)15-14-29-26(34)21-11-5-7-13-24(21)36-20-9-2-1-3-10-20/h1-13,16,18H,14-15,17H2,(H,29,34). The molecule has 9 heteroatoms. The number of nitrogens with zero attached hydrogens (tertiary/aromatic N) is 4. The van der Waals surface area contributed by atoms with Crippen molar-refractivity contribution in [2.45, 2.75) is 13.1 Å². The fourth-order valence-corrected chi connectivity index (χ4v) is 3.81. The fraction of sp³-hybridized carbons (Fsp3) is 0.111. The van der Waals surface area contributed by atoms with Gasteiger partial charge in [0.2, 0.25) is 0 Å². The number of halogens is 1. The maximum absolute atomic E-state index is 14.0. The van der Waals surface area contributed by atoms with Gasteiger partial charge in [0.1, 0.15) is 29.0 Å². The van der Waals surface area contributed by atoms with E-state index >= 15 is 0 Å². The number of fused-ring (bicyclic) bond motifs is 1. The molecule has 0 aliphatic heterocycles. The zero-order valence-corrected chi connectivity index (χ0v) is 19.2. The Labute approximate surface area is 205 Å². The van der Waals surface area contributed by atoms with Crippen molar-refractivity contribution in [3.63, 3.8) is 0 Å². The van der Waals surface area contributed by atoms with Crippen LogP contribution in [0.4, 0.5) is 4.39 Å². The van der Waals surface area contributed by atoms with Gasteiger partial charge in [0.25, 0.3) is 11.5 Å². The third-order valence-corrected chi connectivity index (χ3v) is 5.63. The first-order valence-electron chi connectivity index (χ1n) is 11.3. The number of aromatic nitrogens is 4. The molecule has 0 radical (unpaired) electrons. The van der Waals surface area contributed by atoms with Crippen LogP contribution >= 0.6 is 0 Å². The number of benzene rings is 3. The number of para-hydroxylation sites is 2. The largest absolute Gasteiger partial charge is 0.457 e. The molecule has 36 heavy (non-hydrogen) atoms. The van der Waals surface area contributed by atoms with Gasteiger partial charge >= 0.3 is 0 Å². The minimum atomic E-state index is -0.383. The van der Waals surface area contributed by atoms with Gasteiger partial charge in [-0.3, -0.25) is 14.2 Å². The van der Waals surface area contributed by atoms with E-state index in [0.717, 1.165) is 0 Å². The smallest absolute Gasteiger partial charge is 0.264 e. The highest BCUT2D eigenvalue weighted by Gasteiger charge is 2.14. The molecule has 1 N–H and O–H groups in total. The first-order chi connectivity index (χ1) is 17.6. The van der Waals surface area contributed by atoms with Crippen LogP contribution in [0.15, 0.2) is 96.2 Å². The van der Waals surface area contributed by atoms with Gasteiger partial charge in [-0.05, 0) is 30.3 Å². The number of amides is 1. The highest BCUT2D eigenvalue weighted by molar-refractivity contribution is 5.97. The topological polar surface area (TPSA) is 91.0 Å². The lowest BCUT2D eigenvalue weighted by Gasteiger charge is -2.11. The molecule has 1 amide bonds. The zero-order chi connectivity index (χ0) is 24.9. The van der Waals surface area contributed by atoms with Crippen LogP contribution in [0, 0.1) is 5.82 Å². The summed E-state index contributed by atoms with van der Waals surface area (Å²) in [6, 6.07) is 22.5. The Bertz CT molecular complexity index is 1580. The number of hydrogen-bond donors (Lipinski definition) is 1. The first kappa shape index (κ1) is 23.0. The van der Waals surface area contributed by atoms with Crippen molar-refractivity contribution in [3.05, 3.63) is 119 Å². The van der Waals surface area contributed by atoms with Gasteiger partial charge in [0.15, 0.2) is 5.65 Å². The lowest BCUT2D eigenvalue weighted by Crippen LogP contribution is -2.28. The minimum absolute atomic E-state index is 0.0696. The Kier molecular flexibility index (Phi) is 6.53. The van der Waals surface area contributed by atoms with Crippen molar-refractivity contribution in [3.8, 4) is 11.5 Å². The van der Waals surface area contributed by atoms with Gasteiger partial charge in [0.05, 0.1) is 24.8 Å². The number of rotatable bonds is 8. The van der Waals surface area contributed by atoms with Gasteiger partial charge in [-0.15, -0.1) is 0 Å². The summed E-state index contributed by atoms with van der Waals surface area (Å²) in [6.45, 7) is 0.635. The van der Waals surface area contributed by atoms with Crippen LogP contribution in [0.1, 0.15) is 15.9 Å². The van der Waals surface area contributed by atoms with Crippen molar-refractivity contribution >= 4 is 16.9 Å². The predicted molar refractivity (Wildman–Crippen MR) is 133 cm³/mol. The second kappa shape index (κ2) is 10.2. The molecule has 8 nitrogen and oxygen atoms in total. The second-order valence-corrected chi connectivity index (χ2v) is 8.04. The first-order valence-corrected chi connectivity index (χ1v) is 11.3. The molecule has 2 aromatic heterocycles. The quantitative estimate of drug-likeness (QED) is 0.360. The van der Waals surface area contributed by atoms with E-state index in [2.05, 4.69) is 15.4 Å². The van der Waals surface area contributed by atoms with Crippen LogP contribution in [0.2, 0.25) is 0 Å². The molecular formula is C27H22FN5O3. The van der Waals surface area contributed by atoms with Crippen LogP contribution in [0.3, 0.4) is 0 Å². The predicted octanol–water partition coefficient (Wildman–Crippen LogP) is 4.00. The maximum Gasteiger partial charge on any atom is 0.264 e. The summed E-state index contributed by atoms with van der Waals surface area (Å²) >= 11 is 0. The molecule has 0 spiro atoms. The van der Waals surface area contributed by atoms with Gasteiger partial charge in [-0.25, -0.2) is 14.1 Å². The van der Waals surface area contributed by atoms with Crippen molar-refractivity contribution in [2.75, 3.05) is 6.54 Å². The van der Waals surface area contributed by atoms with Crippen molar-refractivity contribution < 1.29 is 13.9 Å². The third kappa shape index (κ3) is 4.85. The third-order valence-electron chi connectivity index (χ3n) is 5.63. The van der Waals surface area contributed by atoms with Crippen molar-refractivity contribution in [1.29, 1.82) is 0 Å².